The maximum Gasteiger partial charge on any atom is 0.350 e. The van der Waals surface area contributed by atoms with Crippen molar-refractivity contribution < 1.29 is 13.6 Å². The molecular formula is C18H29N2O3P. The molecule has 0 N–H and O–H groups in total. The summed E-state index contributed by atoms with van der Waals surface area (Å²) in [7, 11) is -0.0831. The van der Waals surface area contributed by atoms with Crippen molar-refractivity contribution in [2.45, 2.75) is 37.4 Å². The molecule has 6 heteroatoms. The minimum absolute atomic E-state index is 0.447. The zero-order chi connectivity index (χ0) is 17.0. The third-order valence-corrected chi connectivity index (χ3v) is 8.35. The molecule has 1 saturated heterocycles. The number of nitrogens with zero attached hydrogens (tertiary/aromatic N) is 2. The topological polar surface area (TPSA) is 42.0 Å². The van der Waals surface area contributed by atoms with Crippen LogP contribution in [0.4, 0.5) is 5.69 Å². The van der Waals surface area contributed by atoms with Gasteiger partial charge >= 0.3 is 7.60 Å². The number of piperazine rings is 1. The Hall–Kier alpha value is -0.870. The molecule has 24 heavy (non-hydrogen) atoms. The van der Waals surface area contributed by atoms with E-state index >= 15 is 0 Å². The van der Waals surface area contributed by atoms with Crippen molar-refractivity contribution in [3.8, 4) is 0 Å². The van der Waals surface area contributed by atoms with Crippen molar-refractivity contribution in [1.82, 2.24) is 4.90 Å². The van der Waals surface area contributed by atoms with Gasteiger partial charge in [0.25, 0.3) is 0 Å². The first-order chi connectivity index (χ1) is 11.6. The molecular weight excluding hydrogens is 323 g/mol. The lowest BCUT2D eigenvalue weighted by molar-refractivity contribution is 0.0757. The molecule has 0 atom stereocenters. The monoisotopic (exact) mass is 352 g/mol. The summed E-state index contributed by atoms with van der Waals surface area (Å²) >= 11 is 0. The van der Waals surface area contributed by atoms with Crippen molar-refractivity contribution in [2.75, 3.05) is 45.3 Å². The largest absolute Gasteiger partial charge is 0.369 e. The van der Waals surface area contributed by atoms with Crippen molar-refractivity contribution in [2.24, 2.45) is 0 Å². The first-order valence-corrected chi connectivity index (χ1v) is 10.5. The van der Waals surface area contributed by atoms with E-state index < -0.39 is 12.9 Å². The summed E-state index contributed by atoms with van der Waals surface area (Å²) < 4.78 is 24.3. The first-order valence-electron chi connectivity index (χ1n) is 8.92. The zero-order valence-corrected chi connectivity index (χ0v) is 15.7. The van der Waals surface area contributed by atoms with Gasteiger partial charge in [-0.25, -0.2) is 0 Å². The number of hydrogen-bond acceptors (Lipinski definition) is 5. The van der Waals surface area contributed by atoms with Gasteiger partial charge in [0, 0.05) is 46.1 Å². The Morgan fingerprint density at radius 1 is 0.917 bits per heavy atom. The molecule has 1 aromatic carbocycles. The lowest BCUT2D eigenvalue weighted by atomic mass is 9.92. The first kappa shape index (κ1) is 17.9. The molecule has 0 unspecified atom stereocenters. The standard InChI is InChI=1S/C18H29N2O3P/c1-22-24(21,23-2)18(11-7-4-8-12-18)20-15-13-19(14-16-20)17-9-5-3-6-10-17/h3,5-6,9-10H,4,7-8,11-16H2,1-2H3. The van der Waals surface area contributed by atoms with E-state index in [1.807, 2.05) is 6.07 Å². The molecule has 2 aliphatic rings. The molecule has 2 fully saturated rings. The van der Waals surface area contributed by atoms with Gasteiger partial charge in [0.05, 0.1) is 0 Å². The molecule has 1 aliphatic heterocycles. The Bertz CT molecular complexity index is 559. The van der Waals surface area contributed by atoms with Gasteiger partial charge in [-0.1, -0.05) is 37.5 Å². The highest BCUT2D eigenvalue weighted by atomic mass is 31.2. The molecule has 3 rings (SSSR count). The van der Waals surface area contributed by atoms with Crippen LogP contribution in [0.15, 0.2) is 30.3 Å². The Kier molecular flexibility index (Phi) is 5.66. The molecule has 134 valence electrons. The summed E-state index contributed by atoms with van der Waals surface area (Å²) in [4.78, 5) is 4.79. The smallest absolute Gasteiger partial charge is 0.350 e. The maximum absolute atomic E-state index is 13.4. The summed E-state index contributed by atoms with van der Waals surface area (Å²) in [6.07, 6.45) is 5.19. The second kappa shape index (κ2) is 7.57. The molecule has 1 heterocycles. The second-order valence-electron chi connectivity index (χ2n) is 6.72. The van der Waals surface area contributed by atoms with E-state index in [2.05, 4.69) is 34.1 Å². The summed E-state index contributed by atoms with van der Waals surface area (Å²) in [5, 5.41) is -0.447. The van der Waals surface area contributed by atoms with Gasteiger partial charge in [-0.3, -0.25) is 9.46 Å². The fourth-order valence-corrected chi connectivity index (χ4v) is 6.55. The summed E-state index contributed by atoms with van der Waals surface area (Å²) in [5.41, 5.74) is 1.26. The summed E-state index contributed by atoms with van der Waals surface area (Å²) in [6, 6.07) is 10.5. The quantitative estimate of drug-likeness (QED) is 0.751. The average molecular weight is 352 g/mol. The Balaban J connectivity index is 1.77. The van der Waals surface area contributed by atoms with Gasteiger partial charge < -0.3 is 13.9 Å². The normalized spacial score (nSPS) is 22.5. The van der Waals surface area contributed by atoms with Crippen LogP contribution in [-0.4, -0.2) is 50.6 Å². The summed E-state index contributed by atoms with van der Waals surface area (Å²) in [6.45, 7) is 3.68. The fourth-order valence-electron chi connectivity index (χ4n) is 4.32. The highest BCUT2D eigenvalue weighted by Crippen LogP contribution is 2.65. The number of benzene rings is 1. The number of rotatable bonds is 5. The second-order valence-corrected chi connectivity index (χ2v) is 9.27. The van der Waals surface area contributed by atoms with Gasteiger partial charge in [-0.05, 0) is 25.0 Å². The van der Waals surface area contributed by atoms with Gasteiger partial charge in [0.1, 0.15) is 5.28 Å². The van der Waals surface area contributed by atoms with Crippen LogP contribution in [-0.2, 0) is 13.6 Å². The van der Waals surface area contributed by atoms with Crippen LogP contribution in [0.25, 0.3) is 0 Å². The van der Waals surface area contributed by atoms with E-state index in [-0.39, 0.29) is 0 Å². The highest BCUT2D eigenvalue weighted by Gasteiger charge is 2.54. The van der Waals surface area contributed by atoms with E-state index in [0.29, 0.717) is 0 Å². The predicted octanol–water partition coefficient (Wildman–Crippen LogP) is 3.95. The van der Waals surface area contributed by atoms with Crippen molar-refractivity contribution >= 4 is 13.3 Å². The zero-order valence-electron chi connectivity index (χ0n) is 14.8. The molecule has 0 spiro atoms. The highest BCUT2D eigenvalue weighted by molar-refractivity contribution is 7.55. The lowest BCUT2D eigenvalue weighted by Crippen LogP contribution is -2.58. The molecule has 1 aliphatic carbocycles. The van der Waals surface area contributed by atoms with E-state index in [9.17, 15) is 4.57 Å². The molecule has 1 aromatic rings. The third-order valence-electron chi connectivity index (χ3n) is 5.63. The minimum Gasteiger partial charge on any atom is -0.369 e. The average Bonchev–Trinajstić information content (AvgIpc) is 2.68. The number of hydrogen-bond donors (Lipinski definition) is 0. The van der Waals surface area contributed by atoms with E-state index in [1.54, 1.807) is 0 Å². The van der Waals surface area contributed by atoms with Crippen LogP contribution in [0.1, 0.15) is 32.1 Å². The summed E-state index contributed by atoms with van der Waals surface area (Å²) in [5.74, 6) is 0. The molecule has 0 bridgehead atoms. The van der Waals surface area contributed by atoms with Crippen LogP contribution in [0, 0.1) is 0 Å². The maximum atomic E-state index is 13.4. The molecule has 0 aromatic heterocycles. The van der Waals surface area contributed by atoms with Crippen molar-refractivity contribution in [3.63, 3.8) is 0 Å². The minimum atomic E-state index is -3.14. The predicted molar refractivity (Wildman–Crippen MR) is 97.7 cm³/mol. The van der Waals surface area contributed by atoms with Crippen molar-refractivity contribution in [1.29, 1.82) is 0 Å². The number of anilines is 1. The SMILES string of the molecule is COP(=O)(OC)C1(N2CCN(c3ccccc3)CC2)CCCCC1. The third kappa shape index (κ3) is 3.15. The van der Waals surface area contributed by atoms with Crippen LogP contribution in [0.3, 0.4) is 0 Å². The van der Waals surface area contributed by atoms with Crippen LogP contribution >= 0.6 is 7.60 Å². The molecule has 0 radical (unpaired) electrons. The molecule has 1 saturated carbocycles. The van der Waals surface area contributed by atoms with Gasteiger partial charge in [0.2, 0.25) is 0 Å². The molecule has 0 amide bonds. The molecule has 5 nitrogen and oxygen atoms in total. The van der Waals surface area contributed by atoms with Crippen molar-refractivity contribution in [3.05, 3.63) is 30.3 Å². The van der Waals surface area contributed by atoms with Crippen LogP contribution in [0.2, 0.25) is 0 Å². The number of para-hydroxylation sites is 1. The Labute approximate surface area is 145 Å². The van der Waals surface area contributed by atoms with Gasteiger partial charge in [-0.15, -0.1) is 0 Å². The fraction of sp³-hybridized carbons (Fsp3) is 0.667. The lowest BCUT2D eigenvalue weighted by Gasteiger charge is -2.51. The van der Waals surface area contributed by atoms with Crippen LogP contribution in [0.5, 0.6) is 0 Å². The van der Waals surface area contributed by atoms with E-state index in [4.69, 9.17) is 9.05 Å². The van der Waals surface area contributed by atoms with Gasteiger partial charge in [0.15, 0.2) is 0 Å². The van der Waals surface area contributed by atoms with Gasteiger partial charge in [-0.2, -0.15) is 0 Å². The Morgan fingerprint density at radius 3 is 2.04 bits per heavy atom. The van der Waals surface area contributed by atoms with E-state index in [0.717, 1.165) is 51.9 Å². The Morgan fingerprint density at radius 2 is 1.50 bits per heavy atom. The van der Waals surface area contributed by atoms with Crippen LogP contribution < -0.4 is 4.90 Å². The van der Waals surface area contributed by atoms with E-state index in [1.165, 1.54) is 26.3 Å².